The van der Waals surface area contributed by atoms with Gasteiger partial charge in [0.25, 0.3) is 0 Å². The molecular formula is C14H25N3O. The van der Waals surface area contributed by atoms with Gasteiger partial charge in [-0.05, 0) is 40.2 Å². The van der Waals surface area contributed by atoms with E-state index in [1.165, 1.54) is 6.42 Å². The highest BCUT2D eigenvalue weighted by molar-refractivity contribution is 4.98. The summed E-state index contributed by atoms with van der Waals surface area (Å²) in [6.45, 7) is 11.9. The van der Waals surface area contributed by atoms with Crippen molar-refractivity contribution >= 4 is 0 Å². The van der Waals surface area contributed by atoms with Crippen molar-refractivity contribution in [2.45, 2.75) is 52.1 Å². The van der Waals surface area contributed by atoms with Crippen LogP contribution in [0.2, 0.25) is 0 Å². The van der Waals surface area contributed by atoms with Crippen molar-refractivity contribution < 1.29 is 4.42 Å². The summed E-state index contributed by atoms with van der Waals surface area (Å²) in [6, 6.07) is 0.254. The van der Waals surface area contributed by atoms with Crippen LogP contribution in [0.4, 0.5) is 0 Å². The number of aromatic nitrogens is 1. The van der Waals surface area contributed by atoms with Gasteiger partial charge in [0.15, 0.2) is 0 Å². The van der Waals surface area contributed by atoms with Gasteiger partial charge >= 0.3 is 0 Å². The number of nitrogens with one attached hydrogen (secondary N) is 1. The van der Waals surface area contributed by atoms with Crippen LogP contribution in [-0.4, -0.2) is 35.1 Å². The fourth-order valence-electron chi connectivity index (χ4n) is 2.54. The van der Waals surface area contributed by atoms with E-state index in [0.717, 1.165) is 37.7 Å². The lowest BCUT2D eigenvalue weighted by Crippen LogP contribution is -2.49. The van der Waals surface area contributed by atoms with E-state index in [1.807, 2.05) is 6.92 Å². The van der Waals surface area contributed by atoms with Gasteiger partial charge in [-0.1, -0.05) is 6.92 Å². The van der Waals surface area contributed by atoms with E-state index in [4.69, 9.17) is 4.42 Å². The molecule has 18 heavy (non-hydrogen) atoms. The summed E-state index contributed by atoms with van der Waals surface area (Å²) in [5.74, 6) is 1.73. The Labute approximate surface area is 110 Å². The van der Waals surface area contributed by atoms with Gasteiger partial charge in [-0.15, -0.1) is 0 Å². The van der Waals surface area contributed by atoms with E-state index in [0.29, 0.717) is 0 Å². The molecule has 1 aromatic rings. The van der Waals surface area contributed by atoms with Gasteiger partial charge in [-0.25, -0.2) is 4.98 Å². The second kappa shape index (κ2) is 5.41. The van der Waals surface area contributed by atoms with Gasteiger partial charge < -0.3 is 9.73 Å². The van der Waals surface area contributed by atoms with Crippen LogP contribution >= 0.6 is 0 Å². The average Bonchev–Trinajstić information content (AvgIpc) is 2.68. The lowest BCUT2D eigenvalue weighted by atomic mass is 9.98. The van der Waals surface area contributed by atoms with Gasteiger partial charge in [0, 0.05) is 18.6 Å². The van der Waals surface area contributed by atoms with E-state index in [2.05, 4.69) is 36.0 Å². The Balaban J connectivity index is 2.11. The number of hydrogen-bond donors (Lipinski definition) is 1. The van der Waals surface area contributed by atoms with Crippen LogP contribution < -0.4 is 5.32 Å². The van der Waals surface area contributed by atoms with Crippen LogP contribution in [0.1, 0.15) is 51.3 Å². The van der Waals surface area contributed by atoms with Gasteiger partial charge in [0.05, 0.1) is 12.2 Å². The molecule has 0 amide bonds. The minimum absolute atomic E-state index is 0.201. The molecule has 1 N–H and O–H groups in total. The van der Waals surface area contributed by atoms with E-state index in [-0.39, 0.29) is 11.6 Å². The molecule has 4 nitrogen and oxygen atoms in total. The molecule has 1 aliphatic rings. The third-order valence-electron chi connectivity index (χ3n) is 4.05. The molecule has 1 aliphatic heterocycles. The molecule has 1 saturated heterocycles. The van der Waals surface area contributed by atoms with E-state index < -0.39 is 0 Å². The molecule has 0 aromatic carbocycles. The number of hydrogen-bond acceptors (Lipinski definition) is 4. The molecule has 4 heteroatoms. The highest BCUT2D eigenvalue weighted by Crippen LogP contribution is 2.25. The third kappa shape index (κ3) is 2.93. The maximum absolute atomic E-state index is 5.67. The fourth-order valence-corrected chi connectivity index (χ4v) is 2.54. The standard InChI is InChI=1S/C14H25N3O/c1-5-14(4)10-17(8-6-7-16-14)12(3)13-15-9-11(2)18-13/h9,12,16H,5-8,10H2,1-4H3. The largest absolute Gasteiger partial charge is 0.444 e. The molecule has 1 fully saturated rings. The first kappa shape index (κ1) is 13.6. The molecule has 102 valence electrons. The topological polar surface area (TPSA) is 41.3 Å². The van der Waals surface area contributed by atoms with Gasteiger partial charge in [0.1, 0.15) is 5.76 Å². The van der Waals surface area contributed by atoms with Crippen LogP contribution in [-0.2, 0) is 0 Å². The smallest absolute Gasteiger partial charge is 0.211 e. The van der Waals surface area contributed by atoms with Crippen molar-refractivity contribution in [2.24, 2.45) is 0 Å². The predicted molar refractivity (Wildman–Crippen MR) is 72.5 cm³/mol. The Morgan fingerprint density at radius 1 is 1.61 bits per heavy atom. The Morgan fingerprint density at radius 3 is 3.00 bits per heavy atom. The van der Waals surface area contributed by atoms with Crippen molar-refractivity contribution in [3.8, 4) is 0 Å². The lowest BCUT2D eigenvalue weighted by molar-refractivity contribution is 0.149. The van der Waals surface area contributed by atoms with Crippen molar-refractivity contribution in [1.29, 1.82) is 0 Å². The SMILES string of the molecule is CCC1(C)CN(C(C)c2ncc(C)o2)CCCN1. The maximum atomic E-state index is 5.67. The number of aryl methyl sites for hydroxylation is 1. The summed E-state index contributed by atoms with van der Waals surface area (Å²) in [5.41, 5.74) is 0.201. The molecule has 0 saturated carbocycles. The Hall–Kier alpha value is -0.870. The van der Waals surface area contributed by atoms with Crippen LogP contribution in [0, 0.1) is 6.92 Å². The number of rotatable bonds is 3. The molecular weight excluding hydrogens is 226 g/mol. The lowest BCUT2D eigenvalue weighted by Gasteiger charge is -2.34. The average molecular weight is 251 g/mol. The Kier molecular flexibility index (Phi) is 4.07. The van der Waals surface area contributed by atoms with Crippen molar-refractivity contribution in [2.75, 3.05) is 19.6 Å². The highest BCUT2D eigenvalue weighted by atomic mass is 16.4. The summed E-state index contributed by atoms with van der Waals surface area (Å²) in [4.78, 5) is 6.85. The molecule has 2 rings (SSSR count). The number of oxazole rings is 1. The molecule has 0 radical (unpaired) electrons. The summed E-state index contributed by atoms with van der Waals surface area (Å²) < 4.78 is 5.67. The third-order valence-corrected chi connectivity index (χ3v) is 4.05. The molecule has 2 heterocycles. The maximum Gasteiger partial charge on any atom is 0.211 e. The number of nitrogens with zero attached hydrogens (tertiary/aromatic N) is 2. The zero-order valence-electron chi connectivity index (χ0n) is 12.0. The summed E-state index contributed by atoms with van der Waals surface area (Å²) >= 11 is 0. The second-order valence-electron chi connectivity index (χ2n) is 5.65. The molecule has 0 aliphatic carbocycles. The van der Waals surface area contributed by atoms with Crippen molar-refractivity contribution in [3.05, 3.63) is 17.8 Å². The first-order valence-corrected chi connectivity index (χ1v) is 6.95. The van der Waals surface area contributed by atoms with Gasteiger partial charge in [0.2, 0.25) is 5.89 Å². The summed E-state index contributed by atoms with van der Waals surface area (Å²) in [7, 11) is 0. The zero-order chi connectivity index (χ0) is 13.2. The van der Waals surface area contributed by atoms with Crippen LogP contribution in [0.3, 0.4) is 0 Å². The van der Waals surface area contributed by atoms with E-state index in [9.17, 15) is 0 Å². The van der Waals surface area contributed by atoms with Crippen LogP contribution in [0.5, 0.6) is 0 Å². The zero-order valence-corrected chi connectivity index (χ0v) is 12.0. The minimum atomic E-state index is 0.201. The fraction of sp³-hybridized carbons (Fsp3) is 0.786. The molecule has 0 bridgehead atoms. The first-order valence-electron chi connectivity index (χ1n) is 6.95. The first-order chi connectivity index (χ1) is 8.54. The molecule has 0 spiro atoms. The van der Waals surface area contributed by atoms with Crippen LogP contribution in [0.25, 0.3) is 0 Å². The molecule has 2 unspecified atom stereocenters. The highest BCUT2D eigenvalue weighted by Gasteiger charge is 2.31. The van der Waals surface area contributed by atoms with Crippen molar-refractivity contribution in [1.82, 2.24) is 15.2 Å². The molecule has 2 atom stereocenters. The van der Waals surface area contributed by atoms with Crippen LogP contribution in [0.15, 0.2) is 10.6 Å². The Morgan fingerprint density at radius 2 is 2.39 bits per heavy atom. The second-order valence-corrected chi connectivity index (χ2v) is 5.65. The molecule has 1 aromatic heterocycles. The van der Waals surface area contributed by atoms with Gasteiger partial charge in [-0.2, -0.15) is 0 Å². The Bertz CT molecular complexity index is 390. The van der Waals surface area contributed by atoms with E-state index >= 15 is 0 Å². The van der Waals surface area contributed by atoms with Gasteiger partial charge in [-0.3, -0.25) is 4.90 Å². The quantitative estimate of drug-likeness (QED) is 0.896. The summed E-state index contributed by atoms with van der Waals surface area (Å²) in [6.07, 6.45) is 4.13. The normalized spacial score (nSPS) is 28.0. The monoisotopic (exact) mass is 251 g/mol. The predicted octanol–water partition coefficient (Wildman–Crippen LogP) is 2.51. The minimum Gasteiger partial charge on any atom is -0.444 e. The summed E-state index contributed by atoms with van der Waals surface area (Å²) in [5, 5.41) is 3.66. The van der Waals surface area contributed by atoms with Crippen molar-refractivity contribution in [3.63, 3.8) is 0 Å². The van der Waals surface area contributed by atoms with E-state index in [1.54, 1.807) is 6.20 Å².